The second kappa shape index (κ2) is 14.6. The van der Waals surface area contributed by atoms with Gasteiger partial charge in [0, 0.05) is 39.2 Å². The van der Waals surface area contributed by atoms with E-state index >= 15 is 0 Å². The van der Waals surface area contributed by atoms with Crippen LogP contribution >= 0.6 is 12.2 Å². The second-order valence-electron chi connectivity index (χ2n) is 12.4. The third-order valence-electron chi connectivity index (χ3n) is 7.43. The molecule has 1 aromatic carbocycles. The number of alkyl carbamates (subject to hydrolysis) is 1. The highest BCUT2D eigenvalue weighted by Crippen LogP contribution is 2.40. The highest BCUT2D eigenvalue weighted by molar-refractivity contribution is 7.95. The van der Waals surface area contributed by atoms with Crippen molar-refractivity contribution < 1.29 is 27.9 Å². The van der Waals surface area contributed by atoms with Gasteiger partial charge in [0.15, 0.2) is 18.0 Å². The van der Waals surface area contributed by atoms with Crippen LogP contribution in [0.25, 0.3) is 11.5 Å². The maximum absolute atomic E-state index is 13.0. The molecule has 3 aromatic rings. The molecule has 1 amide bonds. The predicted molar refractivity (Wildman–Crippen MR) is 172 cm³/mol. The fourth-order valence-electron chi connectivity index (χ4n) is 4.89. The van der Waals surface area contributed by atoms with Gasteiger partial charge < -0.3 is 24.1 Å². The molecule has 0 saturated heterocycles. The summed E-state index contributed by atoms with van der Waals surface area (Å²) in [7, 11) is 4.99. The summed E-state index contributed by atoms with van der Waals surface area (Å²) in [6.45, 7) is 11.8. The standard InChI is InChI=1S/C32H45N5O6S/c1-22-16-25(22)21-37(14-15-39-7)28-18-24(17-27(34-28)36(6)44-43-40-8)29-33-20-26(41-29)32(5,19-23-12-10-9-11-13-23)35-30(38)42-31(2,3)4/h9-13,17-18,20,22,25H,14-16,19,21H2,1-8H3,(H,35,38)/t22?,25?,32-/m1/s1. The Morgan fingerprint density at radius 3 is 2.48 bits per heavy atom. The maximum atomic E-state index is 13.0. The van der Waals surface area contributed by atoms with Gasteiger partial charge in [0.05, 0.1) is 19.9 Å². The monoisotopic (exact) mass is 627 g/mol. The molecule has 0 spiro atoms. The van der Waals surface area contributed by atoms with Crippen LogP contribution in [0.3, 0.4) is 0 Å². The van der Waals surface area contributed by atoms with Gasteiger partial charge in [0.1, 0.15) is 22.8 Å². The fraction of sp³-hybridized carbons (Fsp3) is 0.531. The van der Waals surface area contributed by atoms with E-state index in [0.29, 0.717) is 48.9 Å². The van der Waals surface area contributed by atoms with E-state index in [4.69, 9.17) is 28.1 Å². The molecule has 0 radical (unpaired) electrons. The van der Waals surface area contributed by atoms with Crippen molar-refractivity contribution in [2.24, 2.45) is 11.8 Å². The average Bonchev–Trinajstić information content (AvgIpc) is 3.43. The van der Waals surface area contributed by atoms with E-state index in [1.54, 1.807) is 17.6 Å². The molecule has 4 rings (SSSR count). The molecule has 1 saturated carbocycles. The molecule has 1 aliphatic rings. The van der Waals surface area contributed by atoms with Crippen molar-refractivity contribution in [3.05, 3.63) is 60.0 Å². The summed E-state index contributed by atoms with van der Waals surface area (Å²) in [6, 6.07) is 13.8. The Balaban J connectivity index is 1.72. The number of carbonyl (C=O) groups excluding carboxylic acids is 1. The first-order valence-corrected chi connectivity index (χ1v) is 15.5. The average molecular weight is 628 g/mol. The largest absolute Gasteiger partial charge is 0.444 e. The van der Waals surface area contributed by atoms with Gasteiger partial charge in [-0.25, -0.2) is 19.7 Å². The Morgan fingerprint density at radius 2 is 1.84 bits per heavy atom. The summed E-state index contributed by atoms with van der Waals surface area (Å²) < 4.78 is 24.3. The lowest BCUT2D eigenvalue weighted by molar-refractivity contribution is -0.160. The van der Waals surface area contributed by atoms with Crippen molar-refractivity contribution in [1.29, 1.82) is 0 Å². The van der Waals surface area contributed by atoms with Gasteiger partial charge >= 0.3 is 6.09 Å². The lowest BCUT2D eigenvalue weighted by Gasteiger charge is -2.30. The minimum Gasteiger partial charge on any atom is -0.444 e. The predicted octanol–water partition coefficient (Wildman–Crippen LogP) is 6.41. The summed E-state index contributed by atoms with van der Waals surface area (Å²) in [5.74, 6) is 3.59. The van der Waals surface area contributed by atoms with Crippen molar-refractivity contribution in [2.45, 2.75) is 58.6 Å². The molecule has 240 valence electrons. The lowest BCUT2D eigenvalue weighted by Crippen LogP contribution is -2.47. The van der Waals surface area contributed by atoms with E-state index in [9.17, 15) is 4.79 Å². The second-order valence-corrected chi connectivity index (χ2v) is 13.3. The molecule has 2 heterocycles. The van der Waals surface area contributed by atoms with E-state index in [1.807, 2.05) is 77.2 Å². The Kier molecular flexibility index (Phi) is 11.2. The van der Waals surface area contributed by atoms with Crippen LogP contribution in [-0.4, -0.2) is 62.6 Å². The summed E-state index contributed by atoms with van der Waals surface area (Å²) in [5.41, 5.74) is 0.153. The summed E-state index contributed by atoms with van der Waals surface area (Å²) in [5, 5.41) is 3.05. The van der Waals surface area contributed by atoms with Crippen LogP contribution in [0, 0.1) is 11.8 Å². The zero-order chi connectivity index (χ0) is 31.9. The van der Waals surface area contributed by atoms with E-state index < -0.39 is 17.2 Å². The number of aromatic nitrogens is 2. The van der Waals surface area contributed by atoms with E-state index in [1.165, 1.54) is 13.5 Å². The third-order valence-corrected chi connectivity index (χ3v) is 8.03. The van der Waals surface area contributed by atoms with Gasteiger partial charge in [-0.15, -0.1) is 4.33 Å². The molecule has 1 N–H and O–H groups in total. The highest BCUT2D eigenvalue weighted by atomic mass is 32.2. The van der Waals surface area contributed by atoms with E-state index in [-0.39, 0.29) is 0 Å². The topological polar surface area (TPSA) is 111 Å². The van der Waals surface area contributed by atoms with Gasteiger partial charge in [0.25, 0.3) is 0 Å². The Labute approximate surface area is 264 Å². The molecule has 1 fully saturated rings. The van der Waals surface area contributed by atoms with E-state index in [0.717, 1.165) is 35.7 Å². The van der Waals surface area contributed by atoms with Crippen LogP contribution in [0.2, 0.25) is 0 Å². The number of oxazole rings is 1. The molecule has 0 aliphatic heterocycles. The quantitative estimate of drug-likeness (QED) is 0.0874. The number of rotatable bonds is 15. The van der Waals surface area contributed by atoms with Crippen molar-refractivity contribution in [3.63, 3.8) is 0 Å². The summed E-state index contributed by atoms with van der Waals surface area (Å²) >= 11 is 1.01. The van der Waals surface area contributed by atoms with Crippen LogP contribution in [-0.2, 0) is 30.7 Å². The number of nitrogens with one attached hydrogen (secondary N) is 1. The normalized spacial score (nSPS) is 17.5. The van der Waals surface area contributed by atoms with E-state index in [2.05, 4.69) is 22.1 Å². The zero-order valence-electron chi connectivity index (χ0n) is 27.0. The first-order chi connectivity index (χ1) is 20.9. The smallest absolute Gasteiger partial charge is 0.408 e. The van der Waals surface area contributed by atoms with Crippen LogP contribution in [0.5, 0.6) is 0 Å². The Bertz CT molecular complexity index is 1370. The zero-order valence-corrected chi connectivity index (χ0v) is 27.8. The molecule has 12 heteroatoms. The Hall–Kier alpha value is -3.32. The van der Waals surface area contributed by atoms with Crippen molar-refractivity contribution in [3.8, 4) is 11.5 Å². The number of carbonyl (C=O) groups is 1. The highest BCUT2D eigenvalue weighted by Gasteiger charge is 2.36. The number of amides is 1. The van der Waals surface area contributed by atoms with Gasteiger partial charge in [0.2, 0.25) is 5.89 Å². The number of ether oxygens (including phenoxy) is 2. The SMILES string of the molecule is COCCN(CC1CC1C)c1cc(-c2ncc([C@@](C)(Cc3ccccc3)NC(=O)OC(C)(C)C)o2)cc(N(C)SOOC)n1. The number of nitrogens with zero attached hydrogens (tertiary/aromatic N) is 4. The van der Waals surface area contributed by atoms with Gasteiger partial charge in [-0.2, -0.15) is 0 Å². The summed E-state index contributed by atoms with van der Waals surface area (Å²) in [4.78, 5) is 29.7. The third kappa shape index (κ3) is 9.34. The van der Waals surface area contributed by atoms with Crippen molar-refractivity contribution >= 4 is 30.0 Å². The van der Waals surface area contributed by atoms with Crippen LogP contribution in [0.15, 0.2) is 53.1 Å². The van der Waals surface area contributed by atoms with Gasteiger partial charge in [-0.1, -0.05) is 37.3 Å². The minimum absolute atomic E-state index is 0.396. The molecule has 3 atom stereocenters. The molecule has 11 nitrogen and oxygen atoms in total. The maximum Gasteiger partial charge on any atom is 0.408 e. The molecule has 2 unspecified atom stereocenters. The fourth-order valence-corrected chi connectivity index (χ4v) is 5.21. The van der Waals surface area contributed by atoms with Gasteiger partial charge in [-0.3, -0.25) is 4.31 Å². The summed E-state index contributed by atoms with van der Waals surface area (Å²) in [6.07, 6.45) is 2.78. The number of hydrogen-bond acceptors (Lipinski definition) is 11. The molecule has 2 aromatic heterocycles. The Morgan fingerprint density at radius 1 is 1.14 bits per heavy atom. The number of anilines is 2. The lowest BCUT2D eigenvalue weighted by atomic mass is 9.90. The van der Waals surface area contributed by atoms with Crippen molar-refractivity contribution in [1.82, 2.24) is 15.3 Å². The molecule has 1 aliphatic carbocycles. The van der Waals surface area contributed by atoms with Crippen molar-refractivity contribution in [2.75, 3.05) is 50.2 Å². The number of methoxy groups -OCH3 is 1. The first kappa shape index (κ1) is 33.6. The van der Waals surface area contributed by atoms with Gasteiger partial charge in [-0.05, 0) is 63.6 Å². The van der Waals surface area contributed by atoms with Crippen LogP contribution < -0.4 is 14.5 Å². The number of hydrogen-bond donors (Lipinski definition) is 1. The number of benzene rings is 1. The molecular formula is C32H45N5O6S. The first-order valence-electron chi connectivity index (χ1n) is 14.8. The molecule has 0 bridgehead atoms. The van der Waals surface area contributed by atoms with Crippen LogP contribution in [0.1, 0.15) is 52.4 Å². The number of pyridine rings is 1. The molecule has 44 heavy (non-hydrogen) atoms. The van der Waals surface area contributed by atoms with Crippen LogP contribution in [0.4, 0.5) is 16.4 Å². The minimum atomic E-state index is -0.945. The molecular weight excluding hydrogens is 582 g/mol.